The zero-order valence-corrected chi connectivity index (χ0v) is 9.70. The Balaban J connectivity index is 3.22. The van der Waals surface area contributed by atoms with Gasteiger partial charge in [-0.15, -0.1) is 0 Å². The lowest BCUT2D eigenvalue weighted by atomic mass is 9.85. The van der Waals surface area contributed by atoms with Crippen molar-refractivity contribution in [1.29, 1.82) is 0 Å². The molecule has 0 aliphatic heterocycles. The second-order valence-corrected chi connectivity index (χ2v) is 4.57. The van der Waals surface area contributed by atoms with E-state index in [0.29, 0.717) is 0 Å². The molecule has 0 saturated carbocycles. The molecular weight excluding hydrogens is 279 g/mol. The molecule has 1 rings (SSSR count). The van der Waals surface area contributed by atoms with E-state index < -0.39 is 11.4 Å². The second-order valence-electron chi connectivity index (χ2n) is 3.41. The summed E-state index contributed by atoms with van der Waals surface area (Å²) in [7, 11) is 0. The largest absolute Gasteiger partial charge is 0.481 e. The van der Waals surface area contributed by atoms with E-state index in [4.69, 9.17) is 5.11 Å². The first kappa shape index (κ1) is 10.5. The lowest BCUT2D eigenvalue weighted by Gasteiger charge is -2.20. The first-order valence-corrected chi connectivity index (χ1v) is 5.02. The van der Waals surface area contributed by atoms with Crippen molar-refractivity contribution in [3.05, 3.63) is 33.4 Å². The SMILES string of the molecule is CC(C)(C(=O)O)c1ccccc1I. The van der Waals surface area contributed by atoms with Crippen molar-refractivity contribution < 1.29 is 9.90 Å². The summed E-state index contributed by atoms with van der Waals surface area (Å²) in [5, 5.41) is 9.02. The highest BCUT2D eigenvalue weighted by molar-refractivity contribution is 14.1. The summed E-state index contributed by atoms with van der Waals surface area (Å²) in [6.45, 7) is 3.43. The molecule has 2 nitrogen and oxygen atoms in total. The van der Waals surface area contributed by atoms with E-state index in [9.17, 15) is 4.79 Å². The number of carbonyl (C=O) groups is 1. The number of benzene rings is 1. The minimum absolute atomic E-state index is 0.795. The van der Waals surface area contributed by atoms with Gasteiger partial charge < -0.3 is 5.11 Å². The predicted octanol–water partition coefficient (Wildman–Crippen LogP) is 2.65. The van der Waals surface area contributed by atoms with Crippen LogP contribution in [0.2, 0.25) is 0 Å². The fourth-order valence-electron chi connectivity index (χ4n) is 1.08. The molecule has 0 spiro atoms. The number of rotatable bonds is 2. The molecule has 0 fully saturated rings. The molecule has 1 aromatic rings. The van der Waals surface area contributed by atoms with Gasteiger partial charge in [0.2, 0.25) is 0 Å². The van der Waals surface area contributed by atoms with E-state index in [2.05, 4.69) is 22.6 Å². The van der Waals surface area contributed by atoms with Gasteiger partial charge in [0.15, 0.2) is 0 Å². The summed E-state index contributed by atoms with van der Waals surface area (Å²) < 4.78 is 0.993. The molecule has 0 aliphatic rings. The molecule has 0 aromatic heterocycles. The highest BCUT2D eigenvalue weighted by Gasteiger charge is 2.30. The maximum atomic E-state index is 11.0. The molecule has 13 heavy (non-hydrogen) atoms. The van der Waals surface area contributed by atoms with Gasteiger partial charge in [0, 0.05) is 3.57 Å². The van der Waals surface area contributed by atoms with Gasteiger partial charge in [-0.1, -0.05) is 18.2 Å². The Morgan fingerprint density at radius 1 is 1.38 bits per heavy atom. The number of hydrogen-bond acceptors (Lipinski definition) is 1. The zero-order valence-electron chi connectivity index (χ0n) is 7.54. The molecular formula is C10H11IO2. The van der Waals surface area contributed by atoms with Crippen molar-refractivity contribution >= 4 is 28.6 Å². The van der Waals surface area contributed by atoms with Crippen LogP contribution in [0.4, 0.5) is 0 Å². The number of hydrogen-bond donors (Lipinski definition) is 1. The Kier molecular flexibility index (Phi) is 2.95. The first-order chi connectivity index (χ1) is 5.96. The maximum absolute atomic E-state index is 11.0. The average Bonchev–Trinajstić information content (AvgIpc) is 2.04. The highest BCUT2D eigenvalue weighted by atomic mass is 127. The summed E-state index contributed by atoms with van der Waals surface area (Å²) in [4.78, 5) is 11.0. The van der Waals surface area contributed by atoms with Crippen LogP contribution in [0.25, 0.3) is 0 Å². The molecule has 3 heteroatoms. The van der Waals surface area contributed by atoms with Crippen LogP contribution in [0.3, 0.4) is 0 Å². The lowest BCUT2D eigenvalue weighted by molar-refractivity contribution is -0.142. The zero-order chi connectivity index (χ0) is 10.1. The summed E-state index contributed by atoms with van der Waals surface area (Å²) in [6.07, 6.45) is 0. The summed E-state index contributed by atoms with van der Waals surface area (Å²) >= 11 is 2.16. The monoisotopic (exact) mass is 290 g/mol. The molecule has 0 bridgehead atoms. The molecule has 1 N–H and O–H groups in total. The molecule has 1 aromatic carbocycles. The molecule has 0 saturated heterocycles. The third-order valence-corrected chi connectivity index (χ3v) is 3.02. The van der Waals surface area contributed by atoms with Crippen molar-refractivity contribution in [2.24, 2.45) is 0 Å². The van der Waals surface area contributed by atoms with Gasteiger partial charge in [0.1, 0.15) is 0 Å². The minimum Gasteiger partial charge on any atom is -0.481 e. The number of halogens is 1. The number of carboxylic acids is 1. The minimum atomic E-state index is -0.808. The Morgan fingerprint density at radius 3 is 2.38 bits per heavy atom. The quantitative estimate of drug-likeness (QED) is 0.850. The fraction of sp³-hybridized carbons (Fsp3) is 0.300. The Morgan fingerprint density at radius 2 is 1.92 bits per heavy atom. The van der Waals surface area contributed by atoms with Crippen LogP contribution in [0.5, 0.6) is 0 Å². The molecule has 0 radical (unpaired) electrons. The number of carboxylic acid groups (broad SMARTS) is 1. The van der Waals surface area contributed by atoms with Gasteiger partial charge >= 0.3 is 5.97 Å². The van der Waals surface area contributed by atoms with Crippen LogP contribution in [-0.4, -0.2) is 11.1 Å². The van der Waals surface area contributed by atoms with Crippen molar-refractivity contribution in [2.75, 3.05) is 0 Å². The third-order valence-electron chi connectivity index (χ3n) is 2.08. The van der Waals surface area contributed by atoms with Crippen LogP contribution in [0, 0.1) is 3.57 Å². The van der Waals surface area contributed by atoms with Crippen LogP contribution < -0.4 is 0 Å². The molecule has 0 atom stereocenters. The van der Waals surface area contributed by atoms with E-state index in [1.54, 1.807) is 13.8 Å². The van der Waals surface area contributed by atoms with Crippen molar-refractivity contribution in [3.63, 3.8) is 0 Å². The summed E-state index contributed by atoms with van der Waals surface area (Å²) in [5.74, 6) is -0.795. The number of aliphatic carboxylic acids is 1. The van der Waals surface area contributed by atoms with E-state index in [1.165, 1.54) is 0 Å². The standard InChI is InChI=1S/C10H11IO2/c1-10(2,9(12)13)7-5-3-4-6-8(7)11/h3-6H,1-2H3,(H,12,13). The van der Waals surface area contributed by atoms with Gasteiger partial charge in [0.05, 0.1) is 5.41 Å². The smallest absolute Gasteiger partial charge is 0.313 e. The van der Waals surface area contributed by atoms with Crippen molar-refractivity contribution in [3.8, 4) is 0 Å². The Bertz CT molecular complexity index is 331. The maximum Gasteiger partial charge on any atom is 0.313 e. The third kappa shape index (κ3) is 2.02. The molecule has 0 aliphatic carbocycles. The van der Waals surface area contributed by atoms with Crippen LogP contribution >= 0.6 is 22.6 Å². The van der Waals surface area contributed by atoms with Crippen LogP contribution in [0.1, 0.15) is 19.4 Å². The highest BCUT2D eigenvalue weighted by Crippen LogP contribution is 2.27. The lowest BCUT2D eigenvalue weighted by Crippen LogP contribution is -2.29. The van der Waals surface area contributed by atoms with Crippen LogP contribution in [-0.2, 0) is 10.2 Å². The summed E-state index contributed by atoms with van der Waals surface area (Å²) in [5.41, 5.74) is 0.0562. The molecule has 0 amide bonds. The molecule has 0 unspecified atom stereocenters. The van der Waals surface area contributed by atoms with Gasteiger partial charge in [-0.05, 0) is 48.1 Å². The van der Waals surface area contributed by atoms with Gasteiger partial charge in [0.25, 0.3) is 0 Å². The Hall–Kier alpha value is -0.580. The van der Waals surface area contributed by atoms with E-state index in [0.717, 1.165) is 9.13 Å². The molecule has 0 heterocycles. The van der Waals surface area contributed by atoms with Crippen LogP contribution in [0.15, 0.2) is 24.3 Å². The molecule has 70 valence electrons. The van der Waals surface area contributed by atoms with Gasteiger partial charge in [-0.25, -0.2) is 0 Å². The predicted molar refractivity (Wildman–Crippen MR) is 59.8 cm³/mol. The van der Waals surface area contributed by atoms with Gasteiger partial charge in [-0.2, -0.15) is 0 Å². The fourth-order valence-corrected chi connectivity index (χ4v) is 2.14. The van der Waals surface area contributed by atoms with Crippen molar-refractivity contribution in [2.45, 2.75) is 19.3 Å². The average molecular weight is 290 g/mol. The summed E-state index contributed by atoms with van der Waals surface area (Å²) in [6, 6.07) is 7.54. The van der Waals surface area contributed by atoms with Gasteiger partial charge in [-0.3, -0.25) is 4.79 Å². The van der Waals surface area contributed by atoms with E-state index in [-0.39, 0.29) is 0 Å². The normalized spacial score (nSPS) is 11.3. The van der Waals surface area contributed by atoms with Crippen molar-refractivity contribution in [1.82, 2.24) is 0 Å². The topological polar surface area (TPSA) is 37.3 Å². The van der Waals surface area contributed by atoms with E-state index >= 15 is 0 Å². The first-order valence-electron chi connectivity index (χ1n) is 3.94. The Labute approximate surface area is 91.1 Å². The van der Waals surface area contributed by atoms with E-state index in [1.807, 2.05) is 24.3 Å². The second kappa shape index (κ2) is 3.65.